The summed E-state index contributed by atoms with van der Waals surface area (Å²) in [5.41, 5.74) is 10.9. The lowest BCUT2D eigenvalue weighted by atomic mass is 9.87. The molecule has 2 aromatic carbocycles. The van der Waals surface area contributed by atoms with Gasteiger partial charge >= 0.3 is 0 Å². The van der Waals surface area contributed by atoms with Crippen LogP contribution in [0.5, 0.6) is 0 Å². The summed E-state index contributed by atoms with van der Waals surface area (Å²) in [6.07, 6.45) is 2.65. The average Bonchev–Trinajstić information content (AvgIpc) is 2.71. The number of rotatable bonds is 5. The third-order valence-corrected chi connectivity index (χ3v) is 5.40. The Kier molecular flexibility index (Phi) is 5.36. The Labute approximate surface area is 141 Å². The minimum Gasteiger partial charge on any atom is -0.329 e. The van der Waals surface area contributed by atoms with Gasteiger partial charge in [0.05, 0.1) is 7.11 Å². The molecule has 0 heterocycles. The summed E-state index contributed by atoms with van der Waals surface area (Å²) in [5.74, 6) is 0.181. The third kappa shape index (κ3) is 3.77. The first kappa shape index (κ1) is 16.5. The number of fused-ring (bicyclic) bond motifs is 2. The molecule has 0 spiro atoms. The first-order valence-electron chi connectivity index (χ1n) is 7.96. The highest BCUT2D eigenvalue weighted by Crippen LogP contribution is 2.36. The summed E-state index contributed by atoms with van der Waals surface area (Å²) >= 11 is 1.44. The van der Waals surface area contributed by atoms with Gasteiger partial charge in [0.15, 0.2) is 0 Å². The Hall–Kier alpha value is -1.36. The van der Waals surface area contributed by atoms with E-state index in [1.165, 1.54) is 28.7 Å². The van der Waals surface area contributed by atoms with E-state index in [1.807, 2.05) is 6.07 Å². The monoisotopic (exact) mass is 331 g/mol. The molecule has 0 saturated heterocycles. The molecule has 0 amide bonds. The molecule has 1 aliphatic rings. The maximum absolute atomic E-state index is 13.7. The van der Waals surface area contributed by atoms with Gasteiger partial charge in [-0.3, -0.25) is 0 Å². The van der Waals surface area contributed by atoms with Crippen molar-refractivity contribution in [2.75, 3.05) is 13.7 Å². The predicted molar refractivity (Wildman–Crippen MR) is 94.2 cm³/mol. The van der Waals surface area contributed by atoms with Crippen LogP contribution >= 0.6 is 12.0 Å². The summed E-state index contributed by atoms with van der Waals surface area (Å²) in [7, 11) is 1.68. The minimum absolute atomic E-state index is 0.157. The standard InChI is InChI=1S/C19H22FNOS/c1-22-23-18(12-21)11-16-9-15-10-17(20)7-6-13(15)8-14-4-2-3-5-19(14)16/h2-7,10,16,18H,8-9,11-12,21H2,1H3/t16-,18?/m1/s1. The molecule has 23 heavy (non-hydrogen) atoms. The van der Waals surface area contributed by atoms with E-state index in [9.17, 15) is 4.39 Å². The van der Waals surface area contributed by atoms with Crippen LogP contribution in [0.1, 0.15) is 34.6 Å². The van der Waals surface area contributed by atoms with E-state index in [0.29, 0.717) is 12.5 Å². The van der Waals surface area contributed by atoms with Crippen molar-refractivity contribution < 1.29 is 8.57 Å². The number of halogens is 1. The van der Waals surface area contributed by atoms with Crippen molar-refractivity contribution in [2.24, 2.45) is 5.73 Å². The van der Waals surface area contributed by atoms with Gasteiger partial charge in [0.2, 0.25) is 0 Å². The second kappa shape index (κ2) is 7.47. The van der Waals surface area contributed by atoms with E-state index in [2.05, 4.69) is 24.3 Å². The van der Waals surface area contributed by atoms with Gasteiger partial charge in [-0.2, -0.15) is 0 Å². The van der Waals surface area contributed by atoms with Crippen molar-refractivity contribution in [1.82, 2.24) is 0 Å². The van der Waals surface area contributed by atoms with Crippen molar-refractivity contribution in [1.29, 1.82) is 0 Å². The highest BCUT2D eigenvalue weighted by molar-refractivity contribution is 7.95. The number of hydrogen-bond acceptors (Lipinski definition) is 3. The predicted octanol–water partition coefficient (Wildman–Crippen LogP) is 4.07. The molecule has 0 aromatic heterocycles. The molecule has 2 aromatic rings. The van der Waals surface area contributed by atoms with Crippen LogP contribution in [0.3, 0.4) is 0 Å². The molecule has 3 rings (SSSR count). The topological polar surface area (TPSA) is 35.2 Å². The molecule has 4 heteroatoms. The zero-order valence-corrected chi connectivity index (χ0v) is 14.1. The van der Waals surface area contributed by atoms with Crippen molar-refractivity contribution in [3.63, 3.8) is 0 Å². The lowest BCUT2D eigenvalue weighted by Crippen LogP contribution is -2.21. The maximum atomic E-state index is 13.7. The van der Waals surface area contributed by atoms with E-state index in [-0.39, 0.29) is 11.1 Å². The van der Waals surface area contributed by atoms with Gasteiger partial charge in [-0.1, -0.05) is 30.3 Å². The van der Waals surface area contributed by atoms with E-state index < -0.39 is 0 Å². The number of nitrogens with two attached hydrogens (primary N) is 1. The molecule has 1 aliphatic carbocycles. The van der Waals surface area contributed by atoms with Crippen LogP contribution in [-0.4, -0.2) is 18.9 Å². The average molecular weight is 331 g/mol. The van der Waals surface area contributed by atoms with Crippen molar-refractivity contribution in [2.45, 2.75) is 30.4 Å². The Morgan fingerprint density at radius 2 is 2.04 bits per heavy atom. The van der Waals surface area contributed by atoms with Crippen LogP contribution in [0.15, 0.2) is 42.5 Å². The molecule has 0 radical (unpaired) electrons. The highest BCUT2D eigenvalue weighted by Gasteiger charge is 2.25. The normalized spacial score (nSPS) is 18.0. The number of hydrogen-bond donors (Lipinski definition) is 1. The molecule has 1 unspecified atom stereocenters. The summed E-state index contributed by atoms with van der Waals surface area (Å²) in [4.78, 5) is 0. The molecular weight excluding hydrogens is 309 g/mol. The molecule has 2 nitrogen and oxygen atoms in total. The SMILES string of the molecule is COSC(CN)C[C@H]1Cc2cc(F)ccc2Cc2ccccc21. The highest BCUT2D eigenvalue weighted by atomic mass is 32.2. The molecular formula is C19H22FNOS. The van der Waals surface area contributed by atoms with Crippen LogP contribution in [0.25, 0.3) is 0 Å². The molecule has 0 saturated carbocycles. The van der Waals surface area contributed by atoms with Crippen LogP contribution in [0.4, 0.5) is 4.39 Å². The lowest BCUT2D eigenvalue weighted by molar-refractivity contribution is 0.475. The smallest absolute Gasteiger partial charge is 0.123 e. The zero-order valence-electron chi connectivity index (χ0n) is 13.3. The Morgan fingerprint density at radius 3 is 2.83 bits per heavy atom. The molecule has 2 N–H and O–H groups in total. The van der Waals surface area contributed by atoms with E-state index in [4.69, 9.17) is 9.92 Å². The quantitative estimate of drug-likeness (QED) is 0.839. The van der Waals surface area contributed by atoms with Crippen LogP contribution in [0.2, 0.25) is 0 Å². The van der Waals surface area contributed by atoms with Crippen molar-refractivity contribution in [3.05, 3.63) is 70.5 Å². The van der Waals surface area contributed by atoms with Gasteiger partial charge in [-0.15, -0.1) is 0 Å². The zero-order chi connectivity index (χ0) is 16.2. The van der Waals surface area contributed by atoms with E-state index in [0.717, 1.165) is 24.8 Å². The van der Waals surface area contributed by atoms with Crippen LogP contribution in [-0.2, 0) is 17.0 Å². The fourth-order valence-electron chi connectivity index (χ4n) is 3.47. The second-order valence-corrected chi connectivity index (χ2v) is 7.24. The third-order valence-electron chi connectivity index (χ3n) is 4.55. The minimum atomic E-state index is -0.157. The molecule has 2 atom stereocenters. The van der Waals surface area contributed by atoms with E-state index in [1.54, 1.807) is 19.2 Å². The summed E-state index contributed by atoms with van der Waals surface area (Å²) in [6, 6.07) is 13.7. The molecule has 0 aliphatic heterocycles. The van der Waals surface area contributed by atoms with Gasteiger partial charge in [0.1, 0.15) is 5.82 Å². The lowest BCUT2D eigenvalue weighted by Gasteiger charge is -2.22. The molecule has 122 valence electrons. The van der Waals surface area contributed by atoms with E-state index >= 15 is 0 Å². The van der Waals surface area contributed by atoms with Gasteiger partial charge < -0.3 is 9.92 Å². The van der Waals surface area contributed by atoms with Gasteiger partial charge in [0.25, 0.3) is 0 Å². The van der Waals surface area contributed by atoms with Crippen LogP contribution in [0, 0.1) is 5.82 Å². The van der Waals surface area contributed by atoms with Gasteiger partial charge in [0, 0.05) is 11.8 Å². The first-order chi connectivity index (χ1) is 11.2. The van der Waals surface area contributed by atoms with Crippen LogP contribution < -0.4 is 5.73 Å². The Bertz CT molecular complexity index is 676. The maximum Gasteiger partial charge on any atom is 0.123 e. The summed E-state index contributed by atoms with van der Waals surface area (Å²) in [6.45, 7) is 0.577. The Morgan fingerprint density at radius 1 is 1.22 bits per heavy atom. The van der Waals surface area contributed by atoms with Gasteiger partial charge in [-0.25, -0.2) is 4.39 Å². The largest absolute Gasteiger partial charge is 0.329 e. The molecule has 0 fully saturated rings. The molecule has 0 bridgehead atoms. The fourth-order valence-corrected chi connectivity index (χ4v) is 4.13. The Balaban J connectivity index is 1.96. The first-order valence-corrected chi connectivity index (χ1v) is 8.76. The van der Waals surface area contributed by atoms with Crippen molar-refractivity contribution >= 4 is 12.0 Å². The van der Waals surface area contributed by atoms with Crippen molar-refractivity contribution in [3.8, 4) is 0 Å². The second-order valence-electron chi connectivity index (χ2n) is 6.05. The summed E-state index contributed by atoms with van der Waals surface area (Å²) < 4.78 is 18.9. The number of benzene rings is 2. The summed E-state index contributed by atoms with van der Waals surface area (Å²) in [5, 5.41) is 0.244. The van der Waals surface area contributed by atoms with Gasteiger partial charge in [-0.05, 0) is 71.6 Å². The fraction of sp³-hybridized carbons (Fsp3) is 0.368.